The maximum atomic E-state index is 13.3. The van der Waals surface area contributed by atoms with E-state index >= 15 is 0 Å². The van der Waals surface area contributed by atoms with E-state index < -0.39 is 17.0 Å². The highest BCUT2D eigenvalue weighted by molar-refractivity contribution is 7.99. The summed E-state index contributed by atoms with van der Waals surface area (Å²) in [6.07, 6.45) is 0. The van der Waals surface area contributed by atoms with Crippen LogP contribution in [0.5, 0.6) is 5.75 Å². The topological polar surface area (TPSA) is 131 Å². The number of aromatic nitrogens is 4. The van der Waals surface area contributed by atoms with E-state index in [9.17, 15) is 19.2 Å². The van der Waals surface area contributed by atoms with E-state index in [0.717, 1.165) is 26.5 Å². The van der Waals surface area contributed by atoms with Crippen molar-refractivity contribution in [3.8, 4) is 5.75 Å². The number of para-hydroxylation sites is 1. The van der Waals surface area contributed by atoms with Gasteiger partial charge < -0.3 is 10.5 Å². The third-order valence-corrected chi connectivity index (χ3v) is 6.62. The smallest absolute Gasteiger partial charge is 0.332 e. The van der Waals surface area contributed by atoms with E-state index in [1.54, 1.807) is 43.5 Å². The van der Waals surface area contributed by atoms with Crippen molar-refractivity contribution in [1.29, 1.82) is 0 Å². The Morgan fingerprint density at radius 2 is 1.69 bits per heavy atom. The van der Waals surface area contributed by atoms with Crippen molar-refractivity contribution in [3.63, 3.8) is 0 Å². The Morgan fingerprint density at radius 3 is 2.37 bits per heavy atom. The predicted octanol–water partition coefficient (Wildman–Crippen LogP) is 1.41. The number of nitrogen functional groups attached to an aromatic ring is 1. The molecule has 10 nitrogen and oxygen atoms in total. The lowest BCUT2D eigenvalue weighted by Gasteiger charge is -2.14. The van der Waals surface area contributed by atoms with Crippen LogP contribution in [0.4, 0.5) is 5.82 Å². The van der Waals surface area contributed by atoms with E-state index in [2.05, 4.69) is 4.98 Å². The lowest BCUT2D eigenvalue weighted by atomic mass is 10.2. The van der Waals surface area contributed by atoms with Crippen molar-refractivity contribution in [3.05, 3.63) is 90.8 Å². The summed E-state index contributed by atoms with van der Waals surface area (Å²) in [6.45, 7) is 0.223. The molecule has 180 valence electrons. The Morgan fingerprint density at radius 1 is 1.00 bits per heavy atom. The minimum Gasteiger partial charge on any atom is -0.497 e. The van der Waals surface area contributed by atoms with Crippen LogP contribution in [0.1, 0.15) is 15.9 Å². The quantitative estimate of drug-likeness (QED) is 0.232. The number of rotatable bonds is 7. The molecule has 2 aromatic carbocycles. The van der Waals surface area contributed by atoms with Crippen molar-refractivity contribution >= 4 is 34.3 Å². The highest BCUT2D eigenvalue weighted by Gasteiger charge is 2.21. The lowest BCUT2D eigenvalue weighted by molar-refractivity contribution is 0.102. The number of nitrogens with two attached hydrogens (primary N) is 1. The molecule has 0 aliphatic carbocycles. The van der Waals surface area contributed by atoms with E-state index in [1.165, 1.54) is 18.7 Å². The number of Topliss-reactive ketones (excluding diaryl/α,β-unsaturated/α-hetero) is 1. The Bertz CT molecular complexity index is 1620. The summed E-state index contributed by atoms with van der Waals surface area (Å²) in [5.74, 6) is -0.285. The monoisotopic (exact) mass is 493 g/mol. The van der Waals surface area contributed by atoms with Crippen LogP contribution in [0.2, 0.25) is 0 Å². The second kappa shape index (κ2) is 9.63. The van der Waals surface area contributed by atoms with E-state index in [4.69, 9.17) is 10.5 Å². The highest BCUT2D eigenvalue weighted by atomic mass is 32.2. The van der Waals surface area contributed by atoms with Crippen LogP contribution in [-0.2, 0) is 20.6 Å². The maximum absolute atomic E-state index is 13.3. The zero-order valence-electron chi connectivity index (χ0n) is 19.3. The third-order valence-electron chi connectivity index (χ3n) is 5.65. The summed E-state index contributed by atoms with van der Waals surface area (Å²) in [5, 5.41) is 0.769. The van der Waals surface area contributed by atoms with Gasteiger partial charge in [0, 0.05) is 14.1 Å². The number of thioether (sulfide) groups is 1. The predicted molar refractivity (Wildman–Crippen MR) is 134 cm³/mol. The molecule has 0 saturated carbocycles. The van der Waals surface area contributed by atoms with Crippen molar-refractivity contribution in [1.82, 2.24) is 18.7 Å². The van der Waals surface area contributed by atoms with Gasteiger partial charge in [-0.1, -0.05) is 36.0 Å². The number of ketones is 1. The Hall–Kier alpha value is -4.12. The molecule has 0 amide bonds. The first-order chi connectivity index (χ1) is 16.7. The number of methoxy groups -OCH3 is 1. The molecule has 0 unspecified atom stereocenters. The number of nitrogens with zero attached hydrogens (tertiary/aromatic N) is 4. The lowest BCUT2D eigenvalue weighted by Crippen LogP contribution is -2.41. The molecule has 11 heteroatoms. The number of benzene rings is 2. The summed E-state index contributed by atoms with van der Waals surface area (Å²) in [7, 11) is 4.24. The second-order valence-corrected chi connectivity index (χ2v) is 8.77. The number of ether oxygens (including phenoxy) is 1. The van der Waals surface area contributed by atoms with Crippen molar-refractivity contribution in [2.24, 2.45) is 14.1 Å². The molecule has 0 atom stereocenters. The van der Waals surface area contributed by atoms with Crippen LogP contribution in [0.3, 0.4) is 0 Å². The van der Waals surface area contributed by atoms with Crippen LogP contribution in [0.15, 0.2) is 68.1 Å². The third kappa shape index (κ3) is 4.50. The molecule has 35 heavy (non-hydrogen) atoms. The number of anilines is 1. The molecule has 4 rings (SSSR count). The molecular formula is C24H23N5O5S. The van der Waals surface area contributed by atoms with Crippen LogP contribution < -0.4 is 27.3 Å². The molecule has 0 fully saturated rings. The van der Waals surface area contributed by atoms with Gasteiger partial charge in [0.2, 0.25) is 0 Å². The van der Waals surface area contributed by atoms with Gasteiger partial charge in [0.25, 0.3) is 11.1 Å². The summed E-state index contributed by atoms with van der Waals surface area (Å²) in [4.78, 5) is 55.5. The molecule has 0 saturated heterocycles. The molecule has 2 N–H and O–H groups in total. The summed E-state index contributed by atoms with van der Waals surface area (Å²) < 4.78 is 8.57. The van der Waals surface area contributed by atoms with Crippen molar-refractivity contribution < 1.29 is 9.53 Å². The number of fused-ring (bicyclic) bond motifs is 1. The molecule has 0 spiro atoms. The van der Waals surface area contributed by atoms with Crippen LogP contribution >= 0.6 is 11.8 Å². The SMILES string of the molecule is COc1ccc(Cn2c(SCC(=O)c3c(N)n(C)c(=O)n(C)c3=O)nc3ccccc3c2=O)cc1. The molecule has 0 aliphatic heterocycles. The van der Waals surface area contributed by atoms with Gasteiger partial charge in [-0.05, 0) is 29.8 Å². The summed E-state index contributed by atoms with van der Waals surface area (Å²) in [5.41, 5.74) is 5.34. The zero-order valence-corrected chi connectivity index (χ0v) is 20.2. The highest BCUT2D eigenvalue weighted by Crippen LogP contribution is 2.21. The average molecular weight is 494 g/mol. The van der Waals surface area contributed by atoms with Crippen molar-refractivity contribution in [2.45, 2.75) is 11.7 Å². The van der Waals surface area contributed by atoms with Crippen LogP contribution in [0.25, 0.3) is 10.9 Å². The van der Waals surface area contributed by atoms with Gasteiger partial charge in [-0.25, -0.2) is 9.78 Å². The Kier molecular flexibility index (Phi) is 6.61. The summed E-state index contributed by atoms with van der Waals surface area (Å²) >= 11 is 1.03. The molecule has 2 heterocycles. The van der Waals surface area contributed by atoms with Gasteiger partial charge in [0.05, 0.1) is 30.3 Å². The first-order valence-corrected chi connectivity index (χ1v) is 11.6. The van der Waals surface area contributed by atoms with Gasteiger partial charge in [-0.2, -0.15) is 0 Å². The van der Waals surface area contributed by atoms with Gasteiger partial charge in [0.1, 0.15) is 17.1 Å². The zero-order chi connectivity index (χ0) is 25.3. The van der Waals surface area contributed by atoms with Crippen LogP contribution in [0, 0.1) is 0 Å². The number of hydrogen-bond acceptors (Lipinski definition) is 8. The van der Waals surface area contributed by atoms with E-state index in [1.807, 2.05) is 12.1 Å². The van der Waals surface area contributed by atoms with E-state index in [0.29, 0.717) is 21.8 Å². The second-order valence-electron chi connectivity index (χ2n) is 7.83. The molecule has 2 aromatic heterocycles. The van der Waals surface area contributed by atoms with Gasteiger partial charge in [-0.3, -0.25) is 28.1 Å². The normalized spacial score (nSPS) is 11.1. The fourth-order valence-corrected chi connectivity index (χ4v) is 4.51. The fraction of sp³-hybridized carbons (Fsp3) is 0.208. The van der Waals surface area contributed by atoms with Crippen LogP contribution in [-0.4, -0.2) is 37.3 Å². The molecular weight excluding hydrogens is 470 g/mol. The summed E-state index contributed by atoms with van der Waals surface area (Å²) in [6, 6.07) is 14.2. The number of carbonyl (C=O) groups excluding carboxylic acids is 1. The molecule has 0 radical (unpaired) electrons. The van der Waals surface area contributed by atoms with Gasteiger partial charge in [-0.15, -0.1) is 0 Å². The molecule has 4 aromatic rings. The minimum absolute atomic E-state index is 0.203. The van der Waals surface area contributed by atoms with Gasteiger partial charge >= 0.3 is 5.69 Å². The Labute approximate surface area is 203 Å². The number of carbonyl (C=O) groups is 1. The first kappa shape index (κ1) is 24.0. The fourth-order valence-electron chi connectivity index (χ4n) is 3.64. The largest absolute Gasteiger partial charge is 0.497 e. The molecule has 0 aliphatic rings. The Balaban J connectivity index is 1.73. The number of hydrogen-bond donors (Lipinski definition) is 1. The minimum atomic E-state index is -0.765. The molecule has 0 bridgehead atoms. The van der Waals surface area contributed by atoms with Crippen molar-refractivity contribution in [2.75, 3.05) is 18.6 Å². The van der Waals surface area contributed by atoms with Gasteiger partial charge in [0.15, 0.2) is 10.9 Å². The van der Waals surface area contributed by atoms with E-state index in [-0.39, 0.29) is 29.2 Å². The first-order valence-electron chi connectivity index (χ1n) is 10.6. The average Bonchev–Trinajstić information content (AvgIpc) is 2.87. The maximum Gasteiger partial charge on any atom is 0.332 e. The standard InChI is InChI=1S/C24H23N5O5S/c1-27-20(25)19(22(32)28(2)24(27)33)18(30)13-35-23-26-17-7-5-4-6-16(17)21(31)29(23)12-14-8-10-15(34-3)11-9-14/h4-11H,12-13,25H2,1-3H3.